The average Bonchev–Trinajstić information content (AvgIpc) is 3.30. The number of hydrogen-bond donors (Lipinski definition) is 3. The van der Waals surface area contributed by atoms with E-state index in [9.17, 15) is 15.3 Å². The van der Waals surface area contributed by atoms with Crippen LogP contribution in [-0.2, 0) is 4.74 Å². The summed E-state index contributed by atoms with van der Waals surface area (Å²) in [6.07, 6.45) is 8.72. The zero-order valence-corrected chi connectivity index (χ0v) is 23.2. The van der Waals surface area contributed by atoms with E-state index in [1.807, 2.05) is 13.8 Å². The van der Waals surface area contributed by atoms with Crippen molar-refractivity contribution >= 4 is 0 Å². The van der Waals surface area contributed by atoms with Crippen LogP contribution in [0.5, 0.6) is 0 Å². The fourth-order valence-electron chi connectivity index (χ4n) is 11.1. The maximum absolute atomic E-state index is 11.9. The quantitative estimate of drug-likeness (QED) is 0.477. The van der Waals surface area contributed by atoms with Crippen LogP contribution in [0.4, 0.5) is 0 Å². The van der Waals surface area contributed by atoms with Gasteiger partial charge >= 0.3 is 0 Å². The van der Waals surface area contributed by atoms with E-state index in [-0.39, 0.29) is 51.5 Å². The van der Waals surface area contributed by atoms with Crippen molar-refractivity contribution < 1.29 is 20.1 Å². The molecular weight excluding hydrogens is 424 g/mol. The van der Waals surface area contributed by atoms with Gasteiger partial charge in [0.05, 0.1) is 29.5 Å². The van der Waals surface area contributed by atoms with Crippen molar-refractivity contribution in [1.82, 2.24) is 0 Å². The van der Waals surface area contributed by atoms with Gasteiger partial charge in [0.2, 0.25) is 0 Å². The van der Waals surface area contributed by atoms with Crippen LogP contribution >= 0.6 is 0 Å². The van der Waals surface area contributed by atoms with Crippen molar-refractivity contribution in [2.45, 2.75) is 143 Å². The number of hydrogen-bond acceptors (Lipinski definition) is 4. The van der Waals surface area contributed by atoms with Crippen LogP contribution in [-0.4, -0.2) is 44.8 Å². The second-order valence-corrected chi connectivity index (χ2v) is 15.4. The highest BCUT2D eigenvalue weighted by Gasteiger charge is 2.71. The number of aliphatic hydroxyl groups excluding tert-OH is 2. The molecule has 1 heterocycles. The minimum Gasteiger partial charge on any atom is -0.393 e. The molecule has 4 heteroatoms. The summed E-state index contributed by atoms with van der Waals surface area (Å²) < 4.78 is 6.66. The van der Waals surface area contributed by atoms with Gasteiger partial charge in [0.15, 0.2) is 0 Å². The normalized spacial score (nSPS) is 57.1. The van der Waals surface area contributed by atoms with Crippen molar-refractivity contribution in [3.8, 4) is 0 Å². The van der Waals surface area contributed by atoms with E-state index >= 15 is 0 Å². The summed E-state index contributed by atoms with van der Waals surface area (Å²) in [6.45, 7) is 18.1. The van der Waals surface area contributed by atoms with E-state index in [4.69, 9.17) is 4.74 Å². The fraction of sp³-hybridized carbons (Fsp3) is 1.00. The minimum atomic E-state index is -0.826. The summed E-state index contributed by atoms with van der Waals surface area (Å²) in [5.41, 5.74) is -0.703. The van der Waals surface area contributed by atoms with Crippen LogP contribution in [0.2, 0.25) is 0 Å². The van der Waals surface area contributed by atoms with Crippen molar-refractivity contribution in [3.05, 3.63) is 0 Å². The molecule has 5 fully saturated rings. The smallest absolute Gasteiger partial charge is 0.0865 e. The minimum absolute atomic E-state index is 0.0630. The molecule has 0 aromatic heterocycles. The van der Waals surface area contributed by atoms with Crippen molar-refractivity contribution in [1.29, 1.82) is 0 Å². The van der Waals surface area contributed by atoms with Gasteiger partial charge in [-0.1, -0.05) is 34.6 Å². The molecule has 0 aromatic rings. The lowest BCUT2D eigenvalue weighted by atomic mass is 9.35. The molecule has 0 spiro atoms. The fourth-order valence-corrected chi connectivity index (χ4v) is 11.1. The Hall–Kier alpha value is -0.160. The Morgan fingerprint density at radius 2 is 1.41 bits per heavy atom. The molecule has 1 aliphatic heterocycles. The van der Waals surface area contributed by atoms with Crippen LogP contribution in [0.15, 0.2) is 0 Å². The Morgan fingerprint density at radius 1 is 0.765 bits per heavy atom. The summed E-state index contributed by atoms with van der Waals surface area (Å²) in [6, 6.07) is 0. The highest BCUT2D eigenvalue weighted by molar-refractivity contribution is 5.20. The molecule has 0 bridgehead atoms. The molecule has 5 rings (SSSR count). The molecule has 5 aliphatic rings. The monoisotopic (exact) mass is 476 g/mol. The molecular formula is C30H52O4. The standard InChI is InChI=1S/C30H52O4/c1-25(2)20-10-15-28(6)21(27(20,5)13-11-22(25)32)17-19(31)24-18(9-14-29(24,28)7)30(8)16-12-23(34-30)26(3,4)33/h18-24,31-33H,9-17H2,1-8H3/t18-,19+,20-,21-,22+,23+,24+,27-,28+,29+,30-/m0/s1. The number of fused-ring (bicyclic) bond motifs is 5. The molecule has 34 heavy (non-hydrogen) atoms. The van der Waals surface area contributed by atoms with Gasteiger partial charge in [-0.15, -0.1) is 0 Å². The number of aliphatic hydroxyl groups is 3. The Morgan fingerprint density at radius 3 is 2.03 bits per heavy atom. The summed E-state index contributed by atoms with van der Waals surface area (Å²) in [7, 11) is 0. The highest BCUT2D eigenvalue weighted by atomic mass is 16.5. The third-order valence-electron chi connectivity index (χ3n) is 13.3. The number of rotatable bonds is 2. The third-order valence-corrected chi connectivity index (χ3v) is 13.3. The van der Waals surface area contributed by atoms with E-state index in [1.54, 1.807) is 0 Å². The maximum Gasteiger partial charge on any atom is 0.0865 e. The van der Waals surface area contributed by atoms with Crippen LogP contribution in [0, 0.1) is 45.3 Å². The van der Waals surface area contributed by atoms with Gasteiger partial charge in [-0.2, -0.15) is 0 Å². The van der Waals surface area contributed by atoms with E-state index in [2.05, 4.69) is 41.5 Å². The molecule has 4 saturated carbocycles. The second-order valence-electron chi connectivity index (χ2n) is 15.4. The molecule has 11 atom stereocenters. The summed E-state index contributed by atoms with van der Waals surface area (Å²) in [4.78, 5) is 0. The lowest BCUT2D eigenvalue weighted by molar-refractivity contribution is -0.248. The molecule has 4 aliphatic carbocycles. The molecule has 1 saturated heterocycles. The Labute approximate surface area is 208 Å². The predicted octanol–water partition coefficient (Wildman–Crippen LogP) is 5.71. The van der Waals surface area contributed by atoms with Crippen LogP contribution in [0.3, 0.4) is 0 Å². The first-order chi connectivity index (χ1) is 15.5. The van der Waals surface area contributed by atoms with Gasteiger partial charge in [0.25, 0.3) is 0 Å². The largest absolute Gasteiger partial charge is 0.393 e. The Bertz CT molecular complexity index is 817. The summed E-state index contributed by atoms with van der Waals surface area (Å²) >= 11 is 0. The van der Waals surface area contributed by atoms with Crippen LogP contribution in [0.25, 0.3) is 0 Å². The first-order valence-corrected chi connectivity index (χ1v) is 14.3. The lowest BCUT2D eigenvalue weighted by Crippen LogP contribution is -2.66. The SMILES string of the molecule is CC(C)(O)[C@H]1CC[C@@](C)([C@H]2CC[C@]3(C)[C@H]2[C@H](O)C[C@H]2[C@@]4(C)CC[C@@H](O)C(C)(C)[C@@H]4CC[C@]23C)O1. The Kier molecular flexibility index (Phi) is 5.59. The first kappa shape index (κ1) is 25.5. The van der Waals surface area contributed by atoms with Gasteiger partial charge < -0.3 is 20.1 Å². The molecule has 3 N–H and O–H groups in total. The molecule has 196 valence electrons. The van der Waals surface area contributed by atoms with E-state index in [0.29, 0.717) is 17.8 Å². The third kappa shape index (κ3) is 3.16. The lowest BCUT2D eigenvalue weighted by Gasteiger charge is -2.70. The van der Waals surface area contributed by atoms with Gasteiger partial charge in [0.1, 0.15) is 0 Å². The van der Waals surface area contributed by atoms with Crippen molar-refractivity contribution in [2.24, 2.45) is 45.3 Å². The summed E-state index contributed by atoms with van der Waals surface area (Å²) in [5.74, 6) is 1.59. The van der Waals surface area contributed by atoms with E-state index in [1.165, 1.54) is 12.8 Å². The zero-order valence-electron chi connectivity index (χ0n) is 23.2. The topological polar surface area (TPSA) is 69.9 Å². The predicted molar refractivity (Wildman–Crippen MR) is 135 cm³/mol. The van der Waals surface area contributed by atoms with Gasteiger partial charge in [-0.05, 0) is 124 Å². The van der Waals surface area contributed by atoms with Crippen LogP contribution < -0.4 is 0 Å². The van der Waals surface area contributed by atoms with Crippen molar-refractivity contribution in [2.75, 3.05) is 0 Å². The van der Waals surface area contributed by atoms with Gasteiger partial charge in [-0.25, -0.2) is 0 Å². The zero-order chi connectivity index (χ0) is 25.1. The van der Waals surface area contributed by atoms with Gasteiger partial charge in [-0.3, -0.25) is 0 Å². The molecule has 0 radical (unpaired) electrons. The molecule has 0 unspecified atom stereocenters. The molecule has 0 amide bonds. The Balaban J connectivity index is 1.48. The second kappa shape index (κ2) is 7.45. The molecule has 0 aromatic carbocycles. The van der Waals surface area contributed by atoms with Gasteiger partial charge in [0, 0.05) is 0 Å². The first-order valence-electron chi connectivity index (χ1n) is 14.3. The molecule has 4 nitrogen and oxygen atoms in total. The maximum atomic E-state index is 11.9. The highest BCUT2D eigenvalue weighted by Crippen LogP contribution is 2.76. The summed E-state index contributed by atoms with van der Waals surface area (Å²) in [5, 5.41) is 33.4. The van der Waals surface area contributed by atoms with E-state index < -0.39 is 5.60 Å². The average molecular weight is 477 g/mol. The van der Waals surface area contributed by atoms with Crippen LogP contribution in [0.1, 0.15) is 113 Å². The number of ether oxygens (including phenoxy) is 1. The van der Waals surface area contributed by atoms with E-state index in [0.717, 1.165) is 44.9 Å². The van der Waals surface area contributed by atoms with Crippen molar-refractivity contribution in [3.63, 3.8) is 0 Å².